The number of aliphatic carboxylic acids is 1. The van der Waals surface area contributed by atoms with Gasteiger partial charge in [0.15, 0.2) is 0 Å². The molecule has 2 aromatic rings. The number of alkyl halides is 2. The summed E-state index contributed by atoms with van der Waals surface area (Å²) in [6.45, 7) is 1.72. The maximum atomic E-state index is 14.2. The Bertz CT molecular complexity index is 923. The Morgan fingerprint density at radius 1 is 1.10 bits per heavy atom. The Morgan fingerprint density at radius 3 is 2.45 bits per heavy atom. The van der Waals surface area contributed by atoms with Crippen LogP contribution in [0.3, 0.4) is 0 Å². The molecule has 3 rings (SSSR count). The van der Waals surface area contributed by atoms with Crippen LogP contribution in [0.15, 0.2) is 48.5 Å². The van der Waals surface area contributed by atoms with Gasteiger partial charge in [-0.2, -0.15) is 0 Å². The molecule has 9 heteroatoms. The van der Waals surface area contributed by atoms with Gasteiger partial charge < -0.3 is 9.63 Å². The molecule has 1 N–H and O–H groups in total. The summed E-state index contributed by atoms with van der Waals surface area (Å²) < 4.78 is 24.0. The molecule has 0 fully saturated rings. The van der Waals surface area contributed by atoms with E-state index in [1.807, 2.05) is 53.2 Å². The van der Waals surface area contributed by atoms with E-state index in [1.165, 1.54) is 0 Å². The van der Waals surface area contributed by atoms with Gasteiger partial charge in [0.2, 0.25) is 0 Å². The molecule has 0 bridgehead atoms. The molecule has 1 heterocycles. The normalized spacial score (nSPS) is 18.5. The van der Waals surface area contributed by atoms with Crippen molar-refractivity contribution < 1.29 is 19.0 Å². The topological polar surface area (TPSA) is 70.1 Å². The SMILES string of the molecule is O=C(O)CCCc1ccc2c(c1)CN(Cc1ccccc1)P(=O)(N(CCCl)CCCl)O2. The zero-order chi connectivity index (χ0) is 22.3. The van der Waals surface area contributed by atoms with Gasteiger partial charge in [-0.25, -0.2) is 13.9 Å². The Balaban J connectivity index is 1.90. The highest BCUT2D eigenvalue weighted by molar-refractivity contribution is 7.54. The first kappa shape index (κ1) is 24.1. The Labute approximate surface area is 193 Å². The molecular formula is C22H27Cl2N2O4P. The highest BCUT2D eigenvalue weighted by atomic mass is 35.5. The first-order valence-corrected chi connectivity index (χ1v) is 12.9. The highest BCUT2D eigenvalue weighted by Gasteiger charge is 2.43. The number of hydrogen-bond acceptors (Lipinski definition) is 3. The molecule has 0 spiro atoms. The fraction of sp³-hybridized carbons (Fsp3) is 0.409. The number of carboxylic acids is 1. The van der Waals surface area contributed by atoms with Crippen LogP contribution in [0.1, 0.15) is 29.5 Å². The second-order valence-electron chi connectivity index (χ2n) is 7.41. The molecule has 0 saturated heterocycles. The number of benzene rings is 2. The molecule has 1 atom stereocenters. The summed E-state index contributed by atoms with van der Waals surface area (Å²) in [5, 5.41) is 8.87. The van der Waals surface area contributed by atoms with E-state index in [1.54, 1.807) is 4.67 Å². The predicted molar refractivity (Wildman–Crippen MR) is 124 cm³/mol. The maximum Gasteiger partial charge on any atom is 0.396 e. The number of fused-ring (bicyclic) bond motifs is 1. The second kappa shape index (κ2) is 11.3. The van der Waals surface area contributed by atoms with Crippen molar-refractivity contribution in [3.63, 3.8) is 0 Å². The van der Waals surface area contributed by atoms with Crippen molar-refractivity contribution in [1.82, 2.24) is 9.34 Å². The zero-order valence-electron chi connectivity index (χ0n) is 17.3. The molecular weight excluding hydrogens is 458 g/mol. The van der Waals surface area contributed by atoms with Crippen LogP contribution < -0.4 is 4.52 Å². The Morgan fingerprint density at radius 2 is 1.81 bits per heavy atom. The summed E-state index contributed by atoms with van der Waals surface area (Å²) in [5.41, 5.74) is 3.01. The number of hydrogen-bond donors (Lipinski definition) is 1. The van der Waals surface area contributed by atoms with Gasteiger partial charge in [0.25, 0.3) is 0 Å². The van der Waals surface area contributed by atoms with Gasteiger partial charge in [0.05, 0.1) is 0 Å². The van der Waals surface area contributed by atoms with E-state index in [2.05, 4.69) is 0 Å². The molecule has 0 saturated carbocycles. The minimum absolute atomic E-state index is 0.134. The van der Waals surface area contributed by atoms with Crippen LogP contribution in [0.5, 0.6) is 5.75 Å². The number of carboxylic acid groups (broad SMARTS) is 1. The third-order valence-electron chi connectivity index (χ3n) is 5.16. The molecule has 2 aromatic carbocycles. The average molecular weight is 485 g/mol. The van der Waals surface area contributed by atoms with Crippen LogP contribution in [-0.4, -0.2) is 45.3 Å². The van der Waals surface area contributed by atoms with E-state index in [0.29, 0.717) is 56.5 Å². The van der Waals surface area contributed by atoms with Gasteiger partial charge in [-0.3, -0.25) is 4.79 Å². The van der Waals surface area contributed by atoms with Crippen molar-refractivity contribution in [3.8, 4) is 5.75 Å². The van der Waals surface area contributed by atoms with Crippen molar-refractivity contribution in [1.29, 1.82) is 0 Å². The molecule has 168 valence electrons. The van der Waals surface area contributed by atoms with Crippen LogP contribution >= 0.6 is 30.9 Å². The standard InChI is InChI=1S/C22H27Cl2N2O4P/c23-11-13-25(14-12-24)31(29)26(16-19-5-2-1-3-6-19)17-20-15-18(7-4-8-22(27)28)9-10-21(20)30-31/h1-3,5-6,9-10,15H,4,7-8,11-14,16-17H2,(H,27,28). The largest absolute Gasteiger partial charge is 0.481 e. The number of carbonyl (C=O) groups is 1. The second-order valence-corrected chi connectivity index (χ2v) is 10.5. The summed E-state index contributed by atoms with van der Waals surface area (Å²) in [6, 6.07) is 15.6. The highest BCUT2D eigenvalue weighted by Crippen LogP contribution is 2.59. The molecule has 31 heavy (non-hydrogen) atoms. The predicted octanol–water partition coefficient (Wildman–Crippen LogP) is 5.38. The van der Waals surface area contributed by atoms with Gasteiger partial charge in [-0.05, 0) is 30.0 Å². The van der Waals surface area contributed by atoms with E-state index in [-0.39, 0.29) is 6.42 Å². The van der Waals surface area contributed by atoms with Gasteiger partial charge in [0.1, 0.15) is 5.75 Å². The van der Waals surface area contributed by atoms with Gasteiger partial charge in [-0.15, -0.1) is 23.2 Å². The van der Waals surface area contributed by atoms with E-state index < -0.39 is 13.6 Å². The van der Waals surface area contributed by atoms with Crippen LogP contribution in [0.2, 0.25) is 0 Å². The molecule has 0 amide bonds. The summed E-state index contributed by atoms with van der Waals surface area (Å²) in [6.07, 6.45) is 1.37. The molecule has 0 aliphatic carbocycles. The first-order valence-electron chi connectivity index (χ1n) is 10.3. The summed E-state index contributed by atoms with van der Waals surface area (Å²) in [7, 11) is -3.39. The number of aryl methyl sites for hydroxylation is 1. The fourth-order valence-corrected chi connectivity index (χ4v) is 6.70. The number of nitrogens with zero attached hydrogens (tertiary/aromatic N) is 2. The van der Waals surface area contributed by atoms with Gasteiger partial charge in [0, 0.05) is 49.9 Å². The van der Waals surface area contributed by atoms with E-state index in [4.69, 9.17) is 32.8 Å². The van der Waals surface area contributed by atoms with E-state index in [0.717, 1.165) is 16.7 Å². The molecule has 1 aliphatic heterocycles. The van der Waals surface area contributed by atoms with Crippen LogP contribution in [-0.2, 0) is 28.9 Å². The first-order chi connectivity index (χ1) is 15.0. The smallest absolute Gasteiger partial charge is 0.396 e. The lowest BCUT2D eigenvalue weighted by molar-refractivity contribution is -0.137. The van der Waals surface area contributed by atoms with Crippen LogP contribution in [0.4, 0.5) is 0 Å². The monoisotopic (exact) mass is 484 g/mol. The third-order valence-corrected chi connectivity index (χ3v) is 8.04. The zero-order valence-corrected chi connectivity index (χ0v) is 19.7. The quantitative estimate of drug-likeness (QED) is 0.341. The summed E-state index contributed by atoms with van der Waals surface area (Å²) in [4.78, 5) is 10.8. The lowest BCUT2D eigenvalue weighted by Gasteiger charge is -2.41. The fourth-order valence-electron chi connectivity index (χ4n) is 3.65. The van der Waals surface area contributed by atoms with Crippen molar-refractivity contribution >= 4 is 36.8 Å². The van der Waals surface area contributed by atoms with E-state index >= 15 is 0 Å². The lowest BCUT2D eigenvalue weighted by atomic mass is 10.0. The average Bonchev–Trinajstić information content (AvgIpc) is 2.75. The van der Waals surface area contributed by atoms with Crippen LogP contribution in [0.25, 0.3) is 0 Å². The summed E-state index contributed by atoms with van der Waals surface area (Å²) >= 11 is 12.0. The Kier molecular flexibility index (Phi) is 8.82. The molecule has 6 nitrogen and oxygen atoms in total. The molecule has 1 aliphatic rings. The minimum Gasteiger partial charge on any atom is -0.481 e. The number of rotatable bonds is 11. The van der Waals surface area contributed by atoms with Crippen LogP contribution in [0, 0.1) is 0 Å². The minimum atomic E-state index is -3.39. The molecule has 1 unspecified atom stereocenters. The Hall–Kier alpha value is -1.56. The summed E-state index contributed by atoms with van der Waals surface area (Å²) in [5.74, 6) is 0.427. The molecule has 0 radical (unpaired) electrons. The number of halogens is 2. The van der Waals surface area contributed by atoms with Crippen molar-refractivity contribution in [2.75, 3.05) is 24.8 Å². The van der Waals surface area contributed by atoms with Crippen molar-refractivity contribution in [2.24, 2.45) is 0 Å². The lowest BCUT2D eigenvalue weighted by Crippen LogP contribution is -2.38. The van der Waals surface area contributed by atoms with Gasteiger partial charge >= 0.3 is 13.6 Å². The van der Waals surface area contributed by atoms with Gasteiger partial charge in [-0.1, -0.05) is 42.5 Å². The van der Waals surface area contributed by atoms with E-state index in [9.17, 15) is 9.36 Å². The molecule has 0 aromatic heterocycles. The third kappa shape index (κ3) is 6.24. The maximum absolute atomic E-state index is 14.2. The van der Waals surface area contributed by atoms with Crippen molar-refractivity contribution in [3.05, 3.63) is 65.2 Å². The van der Waals surface area contributed by atoms with Crippen molar-refractivity contribution in [2.45, 2.75) is 32.4 Å².